The van der Waals surface area contributed by atoms with Crippen LogP contribution in [-0.4, -0.2) is 24.1 Å². The maximum atomic E-state index is 5.24. The molecule has 0 spiro atoms. The number of rotatable bonds is 5. The largest absolute Gasteiger partial charge is 0.308 e. The van der Waals surface area contributed by atoms with E-state index in [0.29, 0.717) is 11.8 Å². The molecule has 0 amide bonds. The Morgan fingerprint density at radius 3 is 1.77 bits per heavy atom. The summed E-state index contributed by atoms with van der Waals surface area (Å²) in [6.07, 6.45) is 8.30. The Hall–Kier alpha value is -7.15. The lowest BCUT2D eigenvalue weighted by Crippen LogP contribution is -2.08. The molecule has 4 heterocycles. The maximum Gasteiger partial charge on any atom is 0.238 e. The predicted octanol–water partition coefficient (Wildman–Crippen LogP) is 13.5. The number of allylic oxidation sites excluding steroid dienone is 4. The van der Waals surface area contributed by atoms with Gasteiger partial charge in [0.05, 0.1) is 32.5 Å². The van der Waals surface area contributed by atoms with Crippen LogP contribution in [0.5, 0.6) is 0 Å². The molecule has 268 valence electrons. The van der Waals surface area contributed by atoms with Crippen LogP contribution in [-0.2, 0) is 0 Å². The molecule has 0 unspecified atom stereocenters. The molecule has 0 saturated heterocycles. The lowest BCUT2D eigenvalue weighted by molar-refractivity contribution is 0.913. The molecule has 0 N–H and O–H groups in total. The fraction of sp³-hybridized carbons (Fsp3) is 0.0392. The van der Waals surface area contributed by atoms with Gasteiger partial charge in [-0.1, -0.05) is 146 Å². The number of thiophene rings is 1. The number of para-hydroxylation sites is 2. The monoisotopic (exact) mass is 747 g/mol. The van der Waals surface area contributed by atoms with Gasteiger partial charge < -0.3 is 4.57 Å². The van der Waals surface area contributed by atoms with E-state index >= 15 is 0 Å². The summed E-state index contributed by atoms with van der Waals surface area (Å²) in [6.45, 7) is 0. The van der Waals surface area contributed by atoms with Crippen molar-refractivity contribution in [3.8, 4) is 34.2 Å². The van der Waals surface area contributed by atoms with Gasteiger partial charge in [0.2, 0.25) is 5.95 Å². The third kappa shape index (κ3) is 4.91. The highest BCUT2D eigenvalue weighted by Gasteiger charge is 2.24. The summed E-state index contributed by atoms with van der Waals surface area (Å²) < 4.78 is 7.31. The second kappa shape index (κ2) is 12.7. The summed E-state index contributed by atoms with van der Waals surface area (Å²) in [4.78, 5) is 15.5. The maximum absolute atomic E-state index is 5.24. The van der Waals surface area contributed by atoms with Gasteiger partial charge in [-0.05, 0) is 59.9 Å². The van der Waals surface area contributed by atoms with Gasteiger partial charge in [-0.2, -0.15) is 9.97 Å². The normalized spacial score (nSPS) is 13.2. The van der Waals surface area contributed by atoms with E-state index in [0.717, 1.165) is 46.2 Å². The zero-order chi connectivity index (χ0) is 37.5. The lowest BCUT2D eigenvalue weighted by Gasteiger charge is -2.13. The third-order valence-corrected chi connectivity index (χ3v) is 12.7. The van der Waals surface area contributed by atoms with Crippen molar-refractivity contribution in [1.29, 1.82) is 0 Å². The Labute approximate surface area is 332 Å². The quantitative estimate of drug-likeness (QED) is 0.176. The van der Waals surface area contributed by atoms with Gasteiger partial charge >= 0.3 is 0 Å². The van der Waals surface area contributed by atoms with Crippen molar-refractivity contribution in [2.45, 2.75) is 12.8 Å². The number of hydrogen-bond acceptors (Lipinski definition) is 4. The minimum Gasteiger partial charge on any atom is -0.308 e. The van der Waals surface area contributed by atoms with Crippen molar-refractivity contribution in [1.82, 2.24) is 24.1 Å². The fourth-order valence-corrected chi connectivity index (χ4v) is 10.3. The van der Waals surface area contributed by atoms with Crippen LogP contribution in [0.2, 0.25) is 0 Å². The number of fused-ring (bicyclic) bond motifs is 10. The van der Waals surface area contributed by atoms with E-state index in [1.54, 1.807) is 0 Å². The van der Waals surface area contributed by atoms with Crippen LogP contribution in [0.15, 0.2) is 176 Å². The summed E-state index contributed by atoms with van der Waals surface area (Å²) in [7, 11) is 0. The standard InChI is InChI=1S/C51H33N5S/c1-4-16-32(17-5-1)35-24-14-25-36-37-26-15-29-44(48(37)57-47(35)36)55-40-27-12-10-22-38(40)45-42(55)30-31-43-46(45)39-23-11-13-28-41(39)56(43)51-53-49(33-18-6-2-7-19-33)52-50(54-51)34-20-8-3-9-21-34/h1-8,10-20,22-31H,9,21H2. The van der Waals surface area contributed by atoms with Crippen LogP contribution in [0.3, 0.4) is 0 Å². The molecule has 1 aliphatic carbocycles. The zero-order valence-corrected chi connectivity index (χ0v) is 31.6. The average molecular weight is 748 g/mol. The number of benzene rings is 7. The molecule has 1 aliphatic rings. The van der Waals surface area contributed by atoms with E-state index in [4.69, 9.17) is 15.0 Å². The van der Waals surface area contributed by atoms with Gasteiger partial charge in [-0.25, -0.2) is 4.98 Å². The van der Waals surface area contributed by atoms with E-state index < -0.39 is 0 Å². The van der Waals surface area contributed by atoms with Crippen LogP contribution in [0.25, 0.3) is 104 Å². The first-order valence-corrected chi connectivity index (χ1v) is 20.2. The highest BCUT2D eigenvalue weighted by molar-refractivity contribution is 7.26. The molecule has 5 nitrogen and oxygen atoms in total. The molecule has 0 bridgehead atoms. The van der Waals surface area contributed by atoms with Crippen LogP contribution < -0.4 is 0 Å². The van der Waals surface area contributed by atoms with Crippen LogP contribution >= 0.6 is 11.3 Å². The highest BCUT2D eigenvalue weighted by Crippen LogP contribution is 2.46. The Kier molecular flexibility index (Phi) is 7.16. The molecule has 7 aromatic carbocycles. The van der Waals surface area contributed by atoms with Crippen molar-refractivity contribution in [2.75, 3.05) is 0 Å². The predicted molar refractivity (Wildman–Crippen MR) is 239 cm³/mol. The molecular formula is C51H33N5S. The SMILES string of the molecule is C1=CCCC(c2nc(-c3ccccc3)nc(-n3c4ccccc4c4c5c6ccccc6n(-c6cccc7c6sc6c(-c8ccccc8)cccc67)c5ccc43)n2)=C1. The van der Waals surface area contributed by atoms with Gasteiger partial charge in [0.25, 0.3) is 0 Å². The summed E-state index contributed by atoms with van der Waals surface area (Å²) in [5.74, 6) is 2.01. The van der Waals surface area contributed by atoms with E-state index in [-0.39, 0.29) is 0 Å². The van der Waals surface area contributed by atoms with Crippen molar-refractivity contribution < 1.29 is 0 Å². The Morgan fingerprint density at radius 2 is 1.05 bits per heavy atom. The van der Waals surface area contributed by atoms with Gasteiger partial charge in [0.15, 0.2) is 11.6 Å². The van der Waals surface area contributed by atoms with Crippen molar-refractivity contribution in [3.05, 3.63) is 182 Å². The molecule has 0 radical (unpaired) electrons. The summed E-state index contributed by atoms with van der Waals surface area (Å²) >= 11 is 1.89. The molecule has 12 rings (SSSR count). The first-order valence-electron chi connectivity index (χ1n) is 19.4. The Bertz CT molecular complexity index is 3460. The molecule has 57 heavy (non-hydrogen) atoms. The minimum atomic E-state index is 0.618. The average Bonchev–Trinajstić information content (AvgIpc) is 3.95. The van der Waals surface area contributed by atoms with Gasteiger partial charge in [0, 0.05) is 42.6 Å². The second-order valence-corrected chi connectivity index (χ2v) is 15.7. The second-order valence-electron chi connectivity index (χ2n) is 14.7. The van der Waals surface area contributed by atoms with Crippen LogP contribution in [0.1, 0.15) is 18.7 Å². The molecule has 0 atom stereocenters. The zero-order valence-electron chi connectivity index (χ0n) is 30.8. The summed E-state index contributed by atoms with van der Waals surface area (Å²) in [5.41, 5.74) is 10.2. The van der Waals surface area contributed by atoms with Crippen LogP contribution in [0, 0.1) is 0 Å². The van der Waals surface area contributed by atoms with E-state index in [1.165, 1.54) is 64.2 Å². The molecule has 0 aliphatic heterocycles. The molecule has 6 heteroatoms. The first kappa shape index (κ1) is 32.1. The summed E-state index contributed by atoms with van der Waals surface area (Å²) in [5, 5.41) is 7.35. The van der Waals surface area contributed by atoms with Gasteiger partial charge in [-0.15, -0.1) is 11.3 Å². The first-order chi connectivity index (χ1) is 28.3. The van der Waals surface area contributed by atoms with Gasteiger partial charge in [-0.3, -0.25) is 4.57 Å². The number of aromatic nitrogens is 5. The lowest BCUT2D eigenvalue weighted by atomic mass is 10.0. The number of nitrogens with zero attached hydrogens (tertiary/aromatic N) is 5. The van der Waals surface area contributed by atoms with Crippen molar-refractivity contribution in [3.63, 3.8) is 0 Å². The van der Waals surface area contributed by atoms with Crippen LogP contribution in [0.4, 0.5) is 0 Å². The molecule has 4 aromatic heterocycles. The Morgan fingerprint density at radius 1 is 0.456 bits per heavy atom. The Balaban J connectivity index is 1.15. The minimum absolute atomic E-state index is 0.618. The molecular weight excluding hydrogens is 715 g/mol. The van der Waals surface area contributed by atoms with E-state index in [1.807, 2.05) is 29.5 Å². The van der Waals surface area contributed by atoms with Crippen molar-refractivity contribution >= 4 is 80.7 Å². The van der Waals surface area contributed by atoms with E-state index in [2.05, 4.69) is 167 Å². The molecule has 0 saturated carbocycles. The topological polar surface area (TPSA) is 48.5 Å². The smallest absolute Gasteiger partial charge is 0.238 e. The number of hydrogen-bond donors (Lipinski definition) is 0. The fourth-order valence-electron chi connectivity index (χ4n) is 8.93. The molecule has 11 aromatic rings. The third-order valence-electron chi connectivity index (χ3n) is 11.5. The van der Waals surface area contributed by atoms with Crippen molar-refractivity contribution in [2.24, 2.45) is 0 Å². The van der Waals surface area contributed by atoms with E-state index in [9.17, 15) is 0 Å². The molecule has 0 fully saturated rings. The highest BCUT2D eigenvalue weighted by atomic mass is 32.1. The summed E-state index contributed by atoms with van der Waals surface area (Å²) in [6, 6.07) is 56.6. The van der Waals surface area contributed by atoms with Gasteiger partial charge in [0.1, 0.15) is 0 Å².